The number of benzene rings is 2. The van der Waals surface area contributed by atoms with Crippen LogP contribution in [0.1, 0.15) is 17.3 Å². The third-order valence-electron chi connectivity index (χ3n) is 3.73. The van der Waals surface area contributed by atoms with Crippen molar-refractivity contribution in [2.24, 2.45) is 0 Å². The Labute approximate surface area is 154 Å². The number of fused-ring (bicyclic) bond motifs is 1. The molecule has 0 aliphatic carbocycles. The van der Waals surface area contributed by atoms with Crippen molar-refractivity contribution in [2.75, 3.05) is 6.26 Å². The molecule has 11 heteroatoms. The van der Waals surface area contributed by atoms with Crippen LogP contribution in [0.3, 0.4) is 0 Å². The quantitative estimate of drug-likeness (QED) is 0.560. The molecule has 0 N–H and O–H groups in total. The number of hydrogen-bond acceptors (Lipinski definition) is 5. The summed E-state index contributed by atoms with van der Waals surface area (Å²) in [7, 11) is -4.09. The van der Waals surface area contributed by atoms with E-state index in [1.54, 1.807) is 6.07 Å². The van der Waals surface area contributed by atoms with Crippen LogP contribution in [-0.4, -0.2) is 24.5 Å². The Morgan fingerprint density at radius 2 is 1.96 bits per heavy atom. The molecule has 27 heavy (non-hydrogen) atoms. The Morgan fingerprint density at radius 3 is 2.56 bits per heavy atom. The fraction of sp³-hybridized carbons (Fsp3) is 0.188. The van der Waals surface area contributed by atoms with Gasteiger partial charge in [-0.05, 0) is 24.3 Å². The van der Waals surface area contributed by atoms with E-state index < -0.39 is 59.4 Å². The number of nitriles is 1. The van der Waals surface area contributed by atoms with Gasteiger partial charge in [-0.25, -0.2) is 17.2 Å². The van der Waals surface area contributed by atoms with Crippen LogP contribution in [-0.2, 0) is 21.0 Å². The van der Waals surface area contributed by atoms with Gasteiger partial charge < -0.3 is 9.29 Å². The molecule has 1 aliphatic rings. The summed E-state index contributed by atoms with van der Waals surface area (Å²) >= 11 is -3.27. The number of sulfone groups is 1. The molecule has 0 bridgehead atoms. The van der Waals surface area contributed by atoms with E-state index in [-0.39, 0.29) is 11.3 Å². The first-order valence-corrected chi connectivity index (χ1v) is 10.2. The average Bonchev–Trinajstić information content (AvgIpc) is 2.75. The lowest BCUT2D eigenvalue weighted by Gasteiger charge is -2.13. The largest absolute Gasteiger partial charge is 0.607 e. The molecule has 0 radical (unpaired) electrons. The van der Waals surface area contributed by atoms with E-state index in [0.29, 0.717) is 6.26 Å². The van der Waals surface area contributed by atoms with Gasteiger partial charge in [-0.3, -0.25) is 0 Å². The van der Waals surface area contributed by atoms with Gasteiger partial charge >= 0.3 is 5.25 Å². The minimum Gasteiger partial charge on any atom is -0.607 e. The minimum atomic E-state index is -4.36. The molecular weight excluding hydrogens is 410 g/mol. The molecule has 142 valence electrons. The van der Waals surface area contributed by atoms with Gasteiger partial charge in [0.1, 0.15) is 22.2 Å². The highest BCUT2D eigenvalue weighted by Crippen LogP contribution is 2.56. The van der Waals surface area contributed by atoms with Gasteiger partial charge in [0.05, 0.1) is 28.4 Å². The zero-order chi connectivity index (χ0) is 20.1. The Kier molecular flexibility index (Phi) is 4.62. The fourth-order valence-electron chi connectivity index (χ4n) is 2.58. The second kappa shape index (κ2) is 6.40. The molecule has 0 spiro atoms. The Bertz CT molecular complexity index is 1080. The Morgan fingerprint density at radius 1 is 1.30 bits per heavy atom. The number of rotatable bonds is 3. The van der Waals surface area contributed by atoms with Gasteiger partial charge in [0.2, 0.25) is 6.17 Å². The highest BCUT2D eigenvalue weighted by molar-refractivity contribution is 7.95. The number of nitrogens with zero attached hydrogens (tertiary/aromatic N) is 1. The number of ether oxygens (including phenoxy) is 1. The summed E-state index contributed by atoms with van der Waals surface area (Å²) < 4.78 is 96.7. The second-order valence-corrected chi connectivity index (χ2v) is 9.13. The molecule has 0 unspecified atom stereocenters. The predicted molar refractivity (Wildman–Crippen MR) is 85.9 cm³/mol. The zero-order valence-electron chi connectivity index (χ0n) is 13.4. The zero-order valence-corrected chi connectivity index (χ0v) is 15.0. The lowest BCUT2D eigenvalue weighted by atomic mass is 10.1. The van der Waals surface area contributed by atoms with E-state index in [1.807, 2.05) is 0 Å². The summed E-state index contributed by atoms with van der Waals surface area (Å²) in [6.45, 7) is 0. The molecule has 0 amide bonds. The summed E-state index contributed by atoms with van der Waals surface area (Å²) in [5.41, 5.74) is -1.02. The van der Waals surface area contributed by atoms with Crippen LogP contribution in [0.15, 0.2) is 40.1 Å². The second-order valence-electron chi connectivity index (χ2n) is 5.66. The highest BCUT2D eigenvalue weighted by Gasteiger charge is 2.64. The van der Waals surface area contributed by atoms with E-state index >= 15 is 0 Å². The van der Waals surface area contributed by atoms with Crippen LogP contribution in [0.5, 0.6) is 11.5 Å². The van der Waals surface area contributed by atoms with Crippen molar-refractivity contribution < 1.29 is 35.3 Å². The van der Waals surface area contributed by atoms with Crippen molar-refractivity contribution in [1.82, 2.24) is 0 Å². The molecule has 3 rings (SSSR count). The standard InChI is InChI=1S/C16H9F4NO4S2/c1-27(23,24)12-3-2-11(13-14(12)26(22)16(19,20)15(13)18)25-10-5-8(7-21)4-9(17)6-10/h2-6,15H,1H3/t15-,26-/m0/s1. The van der Waals surface area contributed by atoms with E-state index in [2.05, 4.69) is 0 Å². The van der Waals surface area contributed by atoms with Crippen molar-refractivity contribution in [3.8, 4) is 17.6 Å². The minimum absolute atomic E-state index is 0.139. The lowest BCUT2D eigenvalue weighted by molar-refractivity contribution is 0.00940. The molecule has 2 aromatic rings. The van der Waals surface area contributed by atoms with Crippen LogP contribution in [0.25, 0.3) is 0 Å². The summed E-state index contributed by atoms with van der Waals surface area (Å²) in [5.74, 6) is -1.71. The van der Waals surface area contributed by atoms with Crippen LogP contribution < -0.4 is 4.74 Å². The van der Waals surface area contributed by atoms with Crippen LogP contribution in [0, 0.1) is 17.1 Å². The molecule has 2 atom stereocenters. The first-order chi connectivity index (χ1) is 12.5. The first-order valence-electron chi connectivity index (χ1n) is 7.16. The lowest BCUT2D eigenvalue weighted by Crippen LogP contribution is -2.27. The molecule has 0 saturated heterocycles. The van der Waals surface area contributed by atoms with Gasteiger partial charge in [0.25, 0.3) is 0 Å². The summed E-state index contributed by atoms with van der Waals surface area (Å²) in [5, 5.41) is 4.48. The Balaban J connectivity index is 2.21. The molecule has 1 heterocycles. The molecule has 0 fully saturated rings. The van der Waals surface area contributed by atoms with E-state index in [0.717, 1.165) is 30.3 Å². The molecule has 1 aliphatic heterocycles. The van der Waals surface area contributed by atoms with Crippen molar-refractivity contribution in [3.63, 3.8) is 0 Å². The van der Waals surface area contributed by atoms with Gasteiger partial charge in [-0.15, -0.1) is 0 Å². The molecular formula is C16H9F4NO4S2. The smallest absolute Gasteiger partial charge is 0.447 e. The van der Waals surface area contributed by atoms with E-state index in [9.17, 15) is 30.5 Å². The maximum absolute atomic E-state index is 14.4. The Hall–Kier alpha value is -2.29. The van der Waals surface area contributed by atoms with Crippen molar-refractivity contribution in [1.29, 1.82) is 5.26 Å². The normalized spacial score (nSPS) is 20.8. The number of halogens is 4. The average molecular weight is 419 g/mol. The van der Waals surface area contributed by atoms with Crippen molar-refractivity contribution >= 4 is 21.0 Å². The van der Waals surface area contributed by atoms with E-state index in [4.69, 9.17) is 10.00 Å². The molecule has 0 saturated carbocycles. The third-order valence-corrected chi connectivity index (χ3v) is 6.51. The predicted octanol–water partition coefficient (Wildman–Crippen LogP) is 3.62. The fourth-order valence-corrected chi connectivity index (χ4v) is 5.26. The number of hydrogen-bond donors (Lipinski definition) is 0. The van der Waals surface area contributed by atoms with Crippen LogP contribution >= 0.6 is 0 Å². The maximum Gasteiger partial charge on any atom is 0.447 e. The summed E-state index contributed by atoms with van der Waals surface area (Å²) in [4.78, 5) is -1.59. The molecule has 0 aromatic heterocycles. The third kappa shape index (κ3) is 3.24. The highest BCUT2D eigenvalue weighted by atomic mass is 32.2. The maximum atomic E-state index is 14.4. The number of alkyl halides is 3. The van der Waals surface area contributed by atoms with Crippen LogP contribution in [0.4, 0.5) is 17.6 Å². The first kappa shape index (κ1) is 19.5. The topological polar surface area (TPSA) is 90.2 Å². The van der Waals surface area contributed by atoms with Gasteiger partial charge in [0.15, 0.2) is 14.7 Å². The molecule has 5 nitrogen and oxygen atoms in total. The van der Waals surface area contributed by atoms with E-state index in [1.165, 1.54) is 0 Å². The summed E-state index contributed by atoms with van der Waals surface area (Å²) in [6, 6.07) is 6.24. The van der Waals surface area contributed by atoms with Crippen molar-refractivity contribution in [3.05, 3.63) is 47.3 Å². The monoisotopic (exact) mass is 419 g/mol. The molecule has 2 aromatic carbocycles. The van der Waals surface area contributed by atoms with Crippen LogP contribution in [0.2, 0.25) is 0 Å². The summed E-state index contributed by atoms with van der Waals surface area (Å²) in [6.07, 6.45) is -2.38. The SMILES string of the molecule is CS(=O)(=O)c1ccc(Oc2cc(F)cc(C#N)c2)c2c1[S@+]([O-])C(F)(F)[C@H]2F. The van der Waals surface area contributed by atoms with Crippen molar-refractivity contribution in [2.45, 2.75) is 21.2 Å². The van der Waals surface area contributed by atoms with Gasteiger partial charge in [0, 0.05) is 12.3 Å². The van der Waals surface area contributed by atoms with Gasteiger partial charge in [-0.1, -0.05) is 0 Å². The van der Waals surface area contributed by atoms with Gasteiger partial charge in [-0.2, -0.15) is 14.0 Å².